The van der Waals surface area contributed by atoms with Gasteiger partial charge in [0.05, 0.1) is 24.1 Å². The second-order valence-corrected chi connectivity index (χ2v) is 6.24. The molecular weight excluding hydrogens is 330 g/mol. The van der Waals surface area contributed by atoms with Gasteiger partial charge in [0.25, 0.3) is 0 Å². The summed E-state index contributed by atoms with van der Waals surface area (Å²) in [6.07, 6.45) is 1.68. The lowest BCUT2D eigenvalue weighted by Crippen LogP contribution is -2.06. The van der Waals surface area contributed by atoms with Crippen LogP contribution in [0.4, 0.5) is 5.82 Å². The Kier molecular flexibility index (Phi) is 4.08. The van der Waals surface area contributed by atoms with Crippen LogP contribution in [0.1, 0.15) is 27.2 Å². The standard InChI is InChI=1S/C20H19N3O3/c1-26-16-8-2-13(3-9-16)12-18-17-10-11-21-19(17)23(22-18)15-6-4-14(5-7-15)20(24)25/h2-9,21H,10-12H2,1H3,(H,24,25). The van der Waals surface area contributed by atoms with Crippen LogP contribution in [0.5, 0.6) is 5.75 Å². The molecule has 4 rings (SSSR count). The molecule has 26 heavy (non-hydrogen) atoms. The van der Waals surface area contributed by atoms with E-state index in [-0.39, 0.29) is 5.56 Å². The minimum Gasteiger partial charge on any atom is -0.497 e. The van der Waals surface area contributed by atoms with Crippen LogP contribution >= 0.6 is 0 Å². The predicted octanol–water partition coefficient (Wildman–Crippen LogP) is 3.14. The van der Waals surface area contributed by atoms with Crippen LogP contribution in [0.25, 0.3) is 5.69 Å². The number of benzene rings is 2. The molecule has 3 aromatic rings. The van der Waals surface area contributed by atoms with E-state index in [9.17, 15) is 4.79 Å². The third kappa shape index (κ3) is 2.90. The smallest absolute Gasteiger partial charge is 0.335 e. The van der Waals surface area contributed by atoms with Gasteiger partial charge in [-0.05, 0) is 48.4 Å². The van der Waals surface area contributed by atoms with Crippen LogP contribution in [0.3, 0.4) is 0 Å². The minimum atomic E-state index is -0.930. The molecule has 0 bridgehead atoms. The SMILES string of the molecule is COc1ccc(Cc2nn(-c3ccc(C(=O)O)cc3)c3c2CCN3)cc1. The molecule has 1 aromatic heterocycles. The Morgan fingerprint density at radius 1 is 1.19 bits per heavy atom. The van der Waals surface area contributed by atoms with E-state index in [4.69, 9.17) is 14.9 Å². The molecule has 0 atom stereocenters. The summed E-state index contributed by atoms with van der Waals surface area (Å²) in [7, 11) is 1.66. The number of nitrogens with zero attached hydrogens (tertiary/aromatic N) is 2. The molecule has 2 heterocycles. The van der Waals surface area contributed by atoms with Gasteiger partial charge in [-0.25, -0.2) is 9.48 Å². The number of aromatic carboxylic acids is 1. The molecule has 0 spiro atoms. The highest BCUT2D eigenvalue weighted by Gasteiger charge is 2.23. The quantitative estimate of drug-likeness (QED) is 0.740. The van der Waals surface area contributed by atoms with E-state index in [2.05, 4.69) is 5.32 Å². The largest absolute Gasteiger partial charge is 0.497 e. The van der Waals surface area contributed by atoms with Crippen molar-refractivity contribution in [3.63, 3.8) is 0 Å². The topological polar surface area (TPSA) is 76.4 Å². The van der Waals surface area contributed by atoms with Crippen molar-refractivity contribution < 1.29 is 14.6 Å². The van der Waals surface area contributed by atoms with Crippen molar-refractivity contribution in [2.75, 3.05) is 19.0 Å². The molecular formula is C20H19N3O3. The number of carbonyl (C=O) groups is 1. The van der Waals surface area contributed by atoms with Gasteiger partial charge in [-0.2, -0.15) is 5.10 Å². The van der Waals surface area contributed by atoms with Crippen molar-refractivity contribution in [2.45, 2.75) is 12.8 Å². The molecule has 0 fully saturated rings. The first-order valence-corrected chi connectivity index (χ1v) is 8.47. The predicted molar refractivity (Wildman–Crippen MR) is 98.5 cm³/mol. The van der Waals surface area contributed by atoms with E-state index in [1.54, 1.807) is 31.4 Å². The lowest BCUT2D eigenvalue weighted by molar-refractivity contribution is 0.0697. The van der Waals surface area contributed by atoms with Crippen LogP contribution in [-0.4, -0.2) is 34.5 Å². The zero-order valence-corrected chi connectivity index (χ0v) is 14.4. The van der Waals surface area contributed by atoms with Gasteiger partial charge in [-0.15, -0.1) is 0 Å². The van der Waals surface area contributed by atoms with Gasteiger partial charge in [-0.1, -0.05) is 12.1 Å². The maximum Gasteiger partial charge on any atom is 0.335 e. The number of methoxy groups -OCH3 is 1. The zero-order chi connectivity index (χ0) is 18.1. The van der Waals surface area contributed by atoms with Crippen molar-refractivity contribution in [1.29, 1.82) is 0 Å². The monoisotopic (exact) mass is 349 g/mol. The van der Waals surface area contributed by atoms with Gasteiger partial charge in [0.2, 0.25) is 0 Å². The van der Waals surface area contributed by atoms with Crippen molar-refractivity contribution in [2.24, 2.45) is 0 Å². The lowest BCUT2D eigenvalue weighted by Gasteiger charge is -2.07. The third-order valence-corrected chi connectivity index (χ3v) is 4.62. The summed E-state index contributed by atoms with van der Waals surface area (Å²) in [6, 6.07) is 14.8. The Bertz CT molecular complexity index is 944. The van der Waals surface area contributed by atoms with Crippen molar-refractivity contribution in [1.82, 2.24) is 9.78 Å². The average molecular weight is 349 g/mol. The Balaban J connectivity index is 1.67. The molecule has 0 saturated carbocycles. The van der Waals surface area contributed by atoms with Gasteiger partial charge >= 0.3 is 5.97 Å². The fraction of sp³-hybridized carbons (Fsp3) is 0.200. The number of rotatable bonds is 5. The van der Waals surface area contributed by atoms with Gasteiger partial charge in [-0.3, -0.25) is 0 Å². The first-order valence-electron chi connectivity index (χ1n) is 8.47. The second-order valence-electron chi connectivity index (χ2n) is 6.24. The van der Waals surface area contributed by atoms with Crippen LogP contribution in [0.2, 0.25) is 0 Å². The summed E-state index contributed by atoms with van der Waals surface area (Å²) < 4.78 is 7.08. The van der Waals surface area contributed by atoms with Gasteiger partial charge < -0.3 is 15.2 Å². The first kappa shape index (κ1) is 16.2. The molecule has 1 aliphatic heterocycles. The highest BCUT2D eigenvalue weighted by atomic mass is 16.5. The van der Waals surface area contributed by atoms with Crippen LogP contribution in [0, 0.1) is 0 Å². The number of carboxylic acid groups (broad SMARTS) is 1. The van der Waals surface area contributed by atoms with Crippen molar-refractivity contribution in [3.8, 4) is 11.4 Å². The molecule has 1 aliphatic rings. The summed E-state index contributed by atoms with van der Waals surface area (Å²) in [5, 5.41) is 17.2. The second kappa shape index (κ2) is 6.55. The minimum absolute atomic E-state index is 0.268. The van der Waals surface area contributed by atoms with Crippen LogP contribution < -0.4 is 10.1 Å². The van der Waals surface area contributed by atoms with Crippen LogP contribution in [-0.2, 0) is 12.8 Å². The van der Waals surface area contributed by atoms with E-state index >= 15 is 0 Å². The van der Waals surface area contributed by atoms with Crippen molar-refractivity contribution >= 4 is 11.8 Å². The van der Waals surface area contributed by atoms with Gasteiger partial charge in [0.15, 0.2) is 0 Å². The summed E-state index contributed by atoms with van der Waals surface area (Å²) >= 11 is 0. The van der Waals surface area contributed by atoms with E-state index in [0.717, 1.165) is 42.3 Å². The highest BCUT2D eigenvalue weighted by Crippen LogP contribution is 2.30. The number of hydrogen-bond acceptors (Lipinski definition) is 4. The number of aromatic nitrogens is 2. The van der Waals surface area contributed by atoms with Gasteiger partial charge in [0, 0.05) is 18.5 Å². The number of ether oxygens (including phenoxy) is 1. The molecule has 2 aromatic carbocycles. The molecule has 132 valence electrons. The lowest BCUT2D eigenvalue weighted by atomic mass is 10.1. The molecule has 0 aliphatic carbocycles. The van der Waals surface area contributed by atoms with Crippen LogP contribution in [0.15, 0.2) is 48.5 Å². The van der Waals surface area contributed by atoms with E-state index in [1.165, 1.54) is 11.1 Å². The highest BCUT2D eigenvalue weighted by molar-refractivity contribution is 5.87. The summed E-state index contributed by atoms with van der Waals surface area (Å²) in [5.41, 5.74) is 4.55. The zero-order valence-electron chi connectivity index (χ0n) is 14.4. The molecule has 0 saturated heterocycles. The molecule has 6 nitrogen and oxygen atoms in total. The fourth-order valence-electron chi connectivity index (χ4n) is 3.26. The van der Waals surface area contributed by atoms with E-state index < -0.39 is 5.97 Å². The summed E-state index contributed by atoms with van der Waals surface area (Å²) in [5.74, 6) is 0.904. The Labute approximate surface area is 151 Å². The maximum absolute atomic E-state index is 11.0. The average Bonchev–Trinajstić information content (AvgIpc) is 3.26. The normalized spacial score (nSPS) is 12.5. The summed E-state index contributed by atoms with van der Waals surface area (Å²) in [6.45, 7) is 0.885. The number of fused-ring (bicyclic) bond motifs is 1. The molecule has 0 radical (unpaired) electrons. The summed E-state index contributed by atoms with van der Waals surface area (Å²) in [4.78, 5) is 11.0. The van der Waals surface area contributed by atoms with E-state index in [1.807, 2.05) is 28.9 Å². The number of hydrogen-bond donors (Lipinski definition) is 2. The number of anilines is 1. The van der Waals surface area contributed by atoms with E-state index in [0.29, 0.717) is 0 Å². The molecule has 0 unspecified atom stereocenters. The number of nitrogens with one attached hydrogen (secondary N) is 1. The fourth-order valence-corrected chi connectivity index (χ4v) is 3.26. The third-order valence-electron chi connectivity index (χ3n) is 4.62. The number of carboxylic acids is 1. The maximum atomic E-state index is 11.0. The van der Waals surface area contributed by atoms with Gasteiger partial charge in [0.1, 0.15) is 11.6 Å². The molecule has 0 amide bonds. The van der Waals surface area contributed by atoms with Crippen molar-refractivity contribution in [3.05, 3.63) is 70.9 Å². The Morgan fingerprint density at radius 3 is 2.58 bits per heavy atom. The molecule has 6 heteroatoms. The first-order chi connectivity index (χ1) is 12.7. The Morgan fingerprint density at radius 2 is 1.92 bits per heavy atom. The molecule has 2 N–H and O–H groups in total. The Hall–Kier alpha value is -3.28.